The fraction of sp³-hybridized carbons (Fsp3) is 0.731. The maximum absolute atomic E-state index is 13.0. The number of carboxylic acids is 1. The molecule has 17 nitrogen and oxygen atoms in total. The molecule has 246 valence electrons. The van der Waals surface area contributed by atoms with E-state index in [9.17, 15) is 43.8 Å². The van der Waals surface area contributed by atoms with Crippen molar-refractivity contribution in [2.75, 3.05) is 6.54 Å². The van der Waals surface area contributed by atoms with Crippen molar-refractivity contribution in [1.29, 1.82) is 0 Å². The summed E-state index contributed by atoms with van der Waals surface area (Å²) in [5, 5.41) is 42.7. The first kappa shape index (κ1) is 39.2. The van der Waals surface area contributed by atoms with E-state index < -0.39 is 108 Å². The molecule has 0 fully saturated rings. The van der Waals surface area contributed by atoms with Gasteiger partial charge in [-0.2, -0.15) is 0 Å². The summed E-state index contributed by atoms with van der Waals surface area (Å²) in [4.78, 5) is 86.5. The van der Waals surface area contributed by atoms with Crippen molar-refractivity contribution in [1.82, 2.24) is 31.9 Å². The van der Waals surface area contributed by atoms with Crippen LogP contribution in [0.25, 0.3) is 0 Å². The molecule has 0 bridgehead atoms. The third kappa shape index (κ3) is 13.3. The third-order valence-corrected chi connectivity index (χ3v) is 6.30. The number of amides is 6. The van der Waals surface area contributed by atoms with E-state index in [1.54, 1.807) is 27.7 Å². The maximum atomic E-state index is 13.0. The molecule has 0 aromatic carbocycles. The lowest BCUT2D eigenvalue weighted by Gasteiger charge is -2.28. The Bertz CT molecular complexity index is 1020. The Morgan fingerprint density at radius 2 is 0.977 bits per heavy atom. The summed E-state index contributed by atoms with van der Waals surface area (Å²) in [6.07, 6.45) is -2.59. The number of carbonyl (C=O) groups excluding carboxylic acids is 6. The van der Waals surface area contributed by atoms with E-state index in [2.05, 4.69) is 31.9 Å². The Hall–Kier alpha value is -3.83. The molecule has 0 aromatic heterocycles. The topological polar surface area (TPSA) is 278 Å². The molecule has 8 atom stereocenters. The minimum absolute atomic E-state index is 0.441. The number of hydrogen-bond acceptors (Lipinski definition) is 10. The number of hydrogen-bond donors (Lipinski definition) is 10. The molecule has 0 rings (SSSR count). The van der Waals surface area contributed by atoms with Crippen LogP contribution in [-0.4, -0.2) is 112 Å². The number of nitrogens with one attached hydrogen (secondary N) is 6. The number of rotatable bonds is 17. The summed E-state index contributed by atoms with van der Waals surface area (Å²) in [5.74, 6) is -7.05. The standard InChI is InChI=1S/C26H47N7O10/c1-10(2)18(31-16(36)9-28-22(38)17(27)14(7)34)24(40)33-20(15(8)35)25(41)29-12(5)21(37)32-19(11(3)4)23(39)30-13(6)26(42)43/h10-15,17-20,34-35H,9,27H2,1-8H3,(H,28,38)(H,29,41)(H,30,39)(H,31,36)(H,32,37)(H,33,40)(H,42,43)/t12-,13-,14+,15+,17-,18-,19-,20-/m0/s1. The van der Waals surface area contributed by atoms with Gasteiger partial charge in [-0.25, -0.2) is 0 Å². The van der Waals surface area contributed by atoms with Crippen molar-refractivity contribution in [2.45, 2.75) is 104 Å². The molecule has 0 saturated heterocycles. The Morgan fingerprint density at radius 3 is 1.42 bits per heavy atom. The number of nitrogens with two attached hydrogens (primary N) is 1. The van der Waals surface area contributed by atoms with Gasteiger partial charge >= 0.3 is 5.97 Å². The van der Waals surface area contributed by atoms with Crippen LogP contribution in [0.3, 0.4) is 0 Å². The van der Waals surface area contributed by atoms with Crippen molar-refractivity contribution in [3.63, 3.8) is 0 Å². The van der Waals surface area contributed by atoms with E-state index in [1.807, 2.05) is 0 Å². The Morgan fingerprint density at radius 1 is 0.558 bits per heavy atom. The molecule has 0 heterocycles. The predicted molar refractivity (Wildman–Crippen MR) is 153 cm³/mol. The van der Waals surface area contributed by atoms with Gasteiger partial charge in [-0.3, -0.25) is 33.6 Å². The number of carboxylic acid groups (broad SMARTS) is 1. The average Bonchev–Trinajstić information content (AvgIpc) is 2.89. The molecular weight excluding hydrogens is 570 g/mol. The lowest BCUT2D eigenvalue weighted by Crippen LogP contribution is -2.61. The zero-order valence-corrected chi connectivity index (χ0v) is 25.8. The largest absolute Gasteiger partial charge is 0.480 e. The highest BCUT2D eigenvalue weighted by molar-refractivity contribution is 5.96. The van der Waals surface area contributed by atoms with Gasteiger partial charge in [0, 0.05) is 0 Å². The first-order valence-corrected chi connectivity index (χ1v) is 13.8. The highest BCUT2D eigenvalue weighted by Crippen LogP contribution is 2.06. The lowest BCUT2D eigenvalue weighted by atomic mass is 10.0. The summed E-state index contributed by atoms with van der Waals surface area (Å²) in [5.41, 5.74) is 5.50. The van der Waals surface area contributed by atoms with Crippen molar-refractivity contribution in [2.24, 2.45) is 17.6 Å². The quantitative estimate of drug-likeness (QED) is 0.0752. The molecule has 17 heteroatoms. The van der Waals surface area contributed by atoms with E-state index in [4.69, 9.17) is 10.8 Å². The molecule has 6 amide bonds. The summed E-state index contributed by atoms with van der Waals surface area (Å²) in [7, 11) is 0. The van der Waals surface area contributed by atoms with Gasteiger partial charge < -0.3 is 53.0 Å². The third-order valence-electron chi connectivity index (χ3n) is 6.30. The number of aliphatic hydroxyl groups is 2. The van der Waals surface area contributed by atoms with Crippen LogP contribution in [0.1, 0.15) is 55.4 Å². The fourth-order valence-corrected chi connectivity index (χ4v) is 3.46. The van der Waals surface area contributed by atoms with Gasteiger partial charge in [-0.1, -0.05) is 27.7 Å². The highest BCUT2D eigenvalue weighted by atomic mass is 16.4. The van der Waals surface area contributed by atoms with Crippen molar-refractivity contribution >= 4 is 41.4 Å². The summed E-state index contributed by atoms with van der Waals surface area (Å²) >= 11 is 0. The molecule has 0 aliphatic carbocycles. The Balaban J connectivity index is 5.39. The monoisotopic (exact) mass is 617 g/mol. The second-order valence-corrected chi connectivity index (χ2v) is 11.0. The molecule has 0 radical (unpaired) electrons. The second-order valence-electron chi connectivity index (χ2n) is 11.0. The van der Waals surface area contributed by atoms with Crippen LogP contribution in [0.15, 0.2) is 0 Å². The van der Waals surface area contributed by atoms with Gasteiger partial charge in [0.2, 0.25) is 35.4 Å². The molecule has 0 saturated carbocycles. The summed E-state index contributed by atoms with van der Waals surface area (Å²) in [6, 6.07) is -7.57. The summed E-state index contributed by atoms with van der Waals surface area (Å²) < 4.78 is 0. The van der Waals surface area contributed by atoms with E-state index >= 15 is 0 Å². The number of carbonyl (C=O) groups is 7. The van der Waals surface area contributed by atoms with Crippen molar-refractivity contribution in [3.8, 4) is 0 Å². The zero-order valence-electron chi connectivity index (χ0n) is 25.8. The zero-order chi connectivity index (χ0) is 33.8. The Kier molecular flexibility index (Phi) is 16.4. The van der Waals surface area contributed by atoms with Gasteiger partial charge in [-0.05, 0) is 39.5 Å². The molecule has 0 unspecified atom stereocenters. The van der Waals surface area contributed by atoms with E-state index in [1.165, 1.54) is 27.7 Å². The Labute approximate surface area is 250 Å². The van der Waals surface area contributed by atoms with Crippen molar-refractivity contribution < 1.29 is 48.9 Å². The van der Waals surface area contributed by atoms with Gasteiger partial charge in [0.1, 0.15) is 36.3 Å². The molecular formula is C26H47N7O10. The first-order valence-electron chi connectivity index (χ1n) is 13.8. The average molecular weight is 618 g/mol. The predicted octanol–water partition coefficient (Wildman–Crippen LogP) is -3.95. The first-order chi connectivity index (χ1) is 19.7. The van der Waals surface area contributed by atoms with Crippen LogP contribution in [0.4, 0.5) is 0 Å². The fourth-order valence-electron chi connectivity index (χ4n) is 3.46. The number of aliphatic carboxylic acids is 1. The normalized spacial score (nSPS) is 16.8. The van der Waals surface area contributed by atoms with Crippen LogP contribution in [0.5, 0.6) is 0 Å². The maximum Gasteiger partial charge on any atom is 0.325 e. The molecule has 43 heavy (non-hydrogen) atoms. The molecule has 0 spiro atoms. The van der Waals surface area contributed by atoms with E-state index in [-0.39, 0.29) is 0 Å². The van der Waals surface area contributed by atoms with Gasteiger partial charge in [0.15, 0.2) is 0 Å². The van der Waals surface area contributed by atoms with Crippen LogP contribution in [0.2, 0.25) is 0 Å². The smallest absolute Gasteiger partial charge is 0.325 e. The van der Waals surface area contributed by atoms with Crippen LogP contribution in [0, 0.1) is 11.8 Å². The van der Waals surface area contributed by atoms with Crippen molar-refractivity contribution in [3.05, 3.63) is 0 Å². The van der Waals surface area contributed by atoms with E-state index in [0.29, 0.717) is 0 Å². The number of aliphatic hydroxyl groups excluding tert-OH is 2. The van der Waals surface area contributed by atoms with Crippen LogP contribution < -0.4 is 37.6 Å². The van der Waals surface area contributed by atoms with Gasteiger partial charge in [-0.15, -0.1) is 0 Å². The second kappa shape index (κ2) is 18.0. The molecule has 0 aromatic rings. The summed E-state index contributed by atoms with van der Waals surface area (Å²) in [6.45, 7) is 11.0. The SMILES string of the molecule is CC(C)[C@H](NC(=O)CNC(=O)[C@@H](N)[C@@H](C)O)C(=O)N[C@H](C(=O)N[C@@H](C)C(=O)N[C@H](C(=O)N[C@@H](C)C(=O)O)C(C)C)[C@@H](C)O. The van der Waals surface area contributed by atoms with E-state index in [0.717, 1.165) is 0 Å². The molecule has 0 aliphatic rings. The minimum Gasteiger partial charge on any atom is -0.480 e. The van der Waals surface area contributed by atoms with Crippen LogP contribution >= 0.6 is 0 Å². The molecule has 11 N–H and O–H groups in total. The molecule has 0 aliphatic heterocycles. The van der Waals surface area contributed by atoms with Crippen LogP contribution in [-0.2, 0) is 33.6 Å². The van der Waals surface area contributed by atoms with Gasteiger partial charge in [0.05, 0.1) is 18.8 Å². The highest BCUT2D eigenvalue weighted by Gasteiger charge is 2.34. The minimum atomic E-state index is -1.55. The lowest BCUT2D eigenvalue weighted by molar-refractivity contribution is -0.142. The van der Waals surface area contributed by atoms with Gasteiger partial charge in [0.25, 0.3) is 0 Å².